The first kappa shape index (κ1) is 19.5. The predicted molar refractivity (Wildman–Crippen MR) is 104 cm³/mol. The fourth-order valence-electron chi connectivity index (χ4n) is 2.36. The molecule has 0 spiro atoms. The van der Waals surface area contributed by atoms with Gasteiger partial charge < -0.3 is 14.8 Å². The number of hydrogen-bond donors (Lipinski definition) is 1. The Hall–Kier alpha value is -2.78. The lowest BCUT2D eigenvalue weighted by atomic mass is 10.1. The molecule has 0 unspecified atom stereocenters. The summed E-state index contributed by atoms with van der Waals surface area (Å²) < 4.78 is 11.4. The van der Waals surface area contributed by atoms with Gasteiger partial charge in [-0.2, -0.15) is 5.26 Å². The maximum absolute atomic E-state index is 12.2. The van der Waals surface area contributed by atoms with Gasteiger partial charge in [0, 0.05) is 11.0 Å². The van der Waals surface area contributed by atoms with Crippen molar-refractivity contribution in [1.82, 2.24) is 5.32 Å². The minimum absolute atomic E-state index is 0.0652. The Balaban J connectivity index is 1.98. The summed E-state index contributed by atoms with van der Waals surface area (Å²) >= 11 is 3.37. The van der Waals surface area contributed by atoms with Crippen molar-refractivity contribution in [3.8, 4) is 17.6 Å². The summed E-state index contributed by atoms with van der Waals surface area (Å²) in [5.74, 6) is 0.903. The molecule has 0 fully saturated rings. The standard InChI is InChI=1S/C20H19BrN2O3/c1-25-18-7-6-14(12-19(18)26-2)8-9-23-20(24)16(13-22)10-15-4-3-5-17(21)11-15/h3-7,10-12H,8-9H2,1-2H3,(H,23,24). The van der Waals surface area contributed by atoms with Gasteiger partial charge in [-0.25, -0.2) is 0 Å². The van der Waals surface area contributed by atoms with Crippen LogP contribution in [0.2, 0.25) is 0 Å². The number of nitrogens with zero attached hydrogens (tertiary/aromatic N) is 1. The van der Waals surface area contributed by atoms with E-state index in [9.17, 15) is 10.1 Å². The number of benzene rings is 2. The van der Waals surface area contributed by atoms with Crippen molar-refractivity contribution in [1.29, 1.82) is 5.26 Å². The van der Waals surface area contributed by atoms with Crippen molar-refractivity contribution >= 4 is 27.9 Å². The molecule has 0 heterocycles. The van der Waals surface area contributed by atoms with Crippen LogP contribution in [0.25, 0.3) is 6.08 Å². The summed E-state index contributed by atoms with van der Waals surface area (Å²) in [5, 5.41) is 12.0. The molecule has 6 heteroatoms. The number of nitrogens with one attached hydrogen (secondary N) is 1. The van der Waals surface area contributed by atoms with E-state index in [2.05, 4.69) is 21.2 Å². The summed E-state index contributed by atoms with van der Waals surface area (Å²) in [4.78, 5) is 12.2. The Kier molecular flexibility index (Phi) is 7.24. The number of carbonyl (C=O) groups excluding carboxylic acids is 1. The van der Waals surface area contributed by atoms with Crippen LogP contribution in [0.3, 0.4) is 0 Å². The van der Waals surface area contributed by atoms with Gasteiger partial charge in [-0.3, -0.25) is 4.79 Å². The summed E-state index contributed by atoms with van der Waals surface area (Å²) in [6.45, 7) is 0.409. The zero-order chi connectivity index (χ0) is 18.9. The van der Waals surface area contributed by atoms with Crippen LogP contribution in [-0.4, -0.2) is 26.7 Å². The van der Waals surface area contributed by atoms with Crippen molar-refractivity contribution in [3.63, 3.8) is 0 Å². The van der Waals surface area contributed by atoms with Crippen LogP contribution in [0.5, 0.6) is 11.5 Å². The first-order valence-electron chi connectivity index (χ1n) is 7.94. The minimum atomic E-state index is -0.395. The molecule has 2 rings (SSSR count). The highest BCUT2D eigenvalue weighted by Crippen LogP contribution is 2.27. The smallest absolute Gasteiger partial charge is 0.261 e. The first-order valence-corrected chi connectivity index (χ1v) is 8.73. The van der Waals surface area contributed by atoms with E-state index in [1.54, 1.807) is 20.3 Å². The molecule has 0 bridgehead atoms. The number of amides is 1. The third-order valence-corrected chi connectivity index (χ3v) is 4.17. The highest BCUT2D eigenvalue weighted by molar-refractivity contribution is 9.10. The number of nitriles is 1. The molecular weight excluding hydrogens is 396 g/mol. The molecular formula is C20H19BrN2O3. The molecule has 0 radical (unpaired) electrons. The van der Waals surface area contributed by atoms with E-state index >= 15 is 0 Å². The minimum Gasteiger partial charge on any atom is -0.493 e. The SMILES string of the molecule is COc1ccc(CCNC(=O)C(C#N)=Cc2cccc(Br)c2)cc1OC. The molecule has 0 aliphatic heterocycles. The van der Waals surface area contributed by atoms with Crippen LogP contribution in [0.4, 0.5) is 0 Å². The normalized spacial score (nSPS) is 10.8. The molecule has 26 heavy (non-hydrogen) atoms. The fraction of sp³-hybridized carbons (Fsp3) is 0.200. The topological polar surface area (TPSA) is 71.3 Å². The zero-order valence-corrected chi connectivity index (χ0v) is 16.2. The molecule has 1 amide bonds. The van der Waals surface area contributed by atoms with Gasteiger partial charge in [0.15, 0.2) is 11.5 Å². The second-order valence-electron chi connectivity index (χ2n) is 5.42. The third-order valence-electron chi connectivity index (χ3n) is 3.67. The number of methoxy groups -OCH3 is 2. The van der Waals surface area contributed by atoms with Crippen molar-refractivity contribution in [2.45, 2.75) is 6.42 Å². The van der Waals surface area contributed by atoms with Gasteiger partial charge in [0.1, 0.15) is 11.6 Å². The van der Waals surface area contributed by atoms with E-state index in [0.29, 0.717) is 24.5 Å². The molecule has 1 N–H and O–H groups in total. The molecule has 134 valence electrons. The molecule has 0 atom stereocenters. The lowest BCUT2D eigenvalue weighted by molar-refractivity contribution is -0.117. The second-order valence-corrected chi connectivity index (χ2v) is 6.34. The molecule has 2 aromatic rings. The van der Waals surface area contributed by atoms with E-state index in [-0.39, 0.29) is 5.57 Å². The van der Waals surface area contributed by atoms with Crippen molar-refractivity contribution in [2.75, 3.05) is 20.8 Å². The molecule has 0 saturated carbocycles. The summed E-state index contributed by atoms with van der Waals surface area (Å²) in [6, 6.07) is 15.0. The summed E-state index contributed by atoms with van der Waals surface area (Å²) in [6.07, 6.45) is 2.18. The van der Waals surface area contributed by atoms with Crippen molar-refractivity contribution in [3.05, 3.63) is 63.6 Å². The Morgan fingerprint density at radius 2 is 1.96 bits per heavy atom. The number of carbonyl (C=O) groups is 1. The number of rotatable bonds is 7. The van der Waals surface area contributed by atoms with Gasteiger partial charge in [-0.1, -0.05) is 34.1 Å². The Morgan fingerprint density at radius 3 is 2.62 bits per heavy atom. The second kappa shape index (κ2) is 9.64. The number of halogens is 1. The first-order chi connectivity index (χ1) is 12.6. The number of ether oxygens (including phenoxy) is 2. The van der Waals surface area contributed by atoms with E-state index in [0.717, 1.165) is 15.6 Å². The maximum atomic E-state index is 12.2. The van der Waals surface area contributed by atoms with E-state index in [1.807, 2.05) is 48.5 Å². The van der Waals surface area contributed by atoms with Gasteiger partial charge in [0.05, 0.1) is 14.2 Å². The average Bonchev–Trinajstić information content (AvgIpc) is 2.65. The van der Waals surface area contributed by atoms with Gasteiger partial charge in [-0.15, -0.1) is 0 Å². The highest BCUT2D eigenvalue weighted by Gasteiger charge is 2.09. The Labute approximate surface area is 161 Å². The summed E-state index contributed by atoms with van der Waals surface area (Å²) in [7, 11) is 3.16. The zero-order valence-electron chi connectivity index (χ0n) is 14.6. The van der Waals surface area contributed by atoms with Gasteiger partial charge in [0.2, 0.25) is 0 Å². The van der Waals surface area contributed by atoms with Crippen LogP contribution in [0.1, 0.15) is 11.1 Å². The molecule has 0 saturated heterocycles. The lowest BCUT2D eigenvalue weighted by Gasteiger charge is -2.10. The Bertz CT molecular complexity index is 856. The predicted octanol–water partition coefficient (Wildman–Crippen LogP) is 3.73. The summed E-state index contributed by atoms with van der Waals surface area (Å²) in [5.41, 5.74) is 1.85. The van der Waals surface area contributed by atoms with Crippen LogP contribution >= 0.6 is 15.9 Å². The van der Waals surface area contributed by atoms with Crippen LogP contribution in [-0.2, 0) is 11.2 Å². The highest BCUT2D eigenvalue weighted by atomic mass is 79.9. The van der Waals surface area contributed by atoms with Gasteiger partial charge in [-0.05, 0) is 47.9 Å². The van der Waals surface area contributed by atoms with E-state index < -0.39 is 5.91 Å². The van der Waals surface area contributed by atoms with Crippen LogP contribution < -0.4 is 14.8 Å². The average molecular weight is 415 g/mol. The van der Waals surface area contributed by atoms with Crippen molar-refractivity contribution < 1.29 is 14.3 Å². The lowest BCUT2D eigenvalue weighted by Crippen LogP contribution is -2.26. The van der Waals surface area contributed by atoms with Crippen LogP contribution in [0.15, 0.2) is 52.5 Å². The number of hydrogen-bond acceptors (Lipinski definition) is 4. The molecule has 0 aliphatic carbocycles. The largest absolute Gasteiger partial charge is 0.493 e. The van der Waals surface area contributed by atoms with E-state index in [4.69, 9.17) is 9.47 Å². The van der Waals surface area contributed by atoms with Gasteiger partial charge >= 0.3 is 0 Å². The monoisotopic (exact) mass is 414 g/mol. The van der Waals surface area contributed by atoms with Gasteiger partial charge in [0.25, 0.3) is 5.91 Å². The Morgan fingerprint density at radius 1 is 1.19 bits per heavy atom. The van der Waals surface area contributed by atoms with E-state index in [1.165, 1.54) is 0 Å². The molecule has 0 aliphatic rings. The maximum Gasteiger partial charge on any atom is 0.261 e. The molecule has 5 nitrogen and oxygen atoms in total. The van der Waals surface area contributed by atoms with Crippen molar-refractivity contribution in [2.24, 2.45) is 0 Å². The quantitative estimate of drug-likeness (QED) is 0.553. The molecule has 2 aromatic carbocycles. The van der Waals surface area contributed by atoms with Crippen LogP contribution in [0, 0.1) is 11.3 Å². The molecule has 0 aromatic heterocycles. The fourth-order valence-corrected chi connectivity index (χ4v) is 2.78. The third kappa shape index (κ3) is 5.36.